The van der Waals surface area contributed by atoms with Gasteiger partial charge in [-0.2, -0.15) is 0 Å². The lowest BCUT2D eigenvalue weighted by molar-refractivity contribution is -0.134. The van der Waals surface area contributed by atoms with Gasteiger partial charge in [0.05, 0.1) is 31.4 Å². The van der Waals surface area contributed by atoms with Gasteiger partial charge in [-0.1, -0.05) is 29.3 Å². The number of halogens is 2. The van der Waals surface area contributed by atoms with E-state index in [4.69, 9.17) is 37.4 Å². The summed E-state index contributed by atoms with van der Waals surface area (Å²) < 4.78 is 15.9. The van der Waals surface area contributed by atoms with Gasteiger partial charge in [0.1, 0.15) is 17.8 Å². The van der Waals surface area contributed by atoms with Crippen LogP contribution in [0.5, 0.6) is 17.2 Å². The summed E-state index contributed by atoms with van der Waals surface area (Å²) in [5.74, 6) is 0.313. The van der Waals surface area contributed by atoms with E-state index in [-0.39, 0.29) is 11.6 Å². The van der Waals surface area contributed by atoms with Gasteiger partial charge in [0, 0.05) is 18.2 Å². The van der Waals surface area contributed by atoms with Crippen molar-refractivity contribution in [3.05, 3.63) is 51.5 Å². The first-order valence-corrected chi connectivity index (χ1v) is 10.6. The van der Waals surface area contributed by atoms with Crippen molar-refractivity contribution in [3.63, 3.8) is 0 Å². The van der Waals surface area contributed by atoms with E-state index in [1.54, 1.807) is 25.1 Å². The Balaban J connectivity index is 1.71. The Morgan fingerprint density at radius 2 is 1.64 bits per heavy atom. The van der Waals surface area contributed by atoms with Gasteiger partial charge in [0.25, 0.3) is 5.91 Å². The SMILES string of the molecule is COc1cc(OC)c(OC)cc1CNC(=O)CN1C(=O)NC(C)(c2ccc(Cl)c(Cl)c2)C1=O. The molecule has 11 heteroatoms. The van der Waals surface area contributed by atoms with E-state index in [2.05, 4.69) is 10.6 Å². The van der Waals surface area contributed by atoms with Crippen LogP contribution in [-0.4, -0.2) is 50.6 Å². The van der Waals surface area contributed by atoms with Crippen LogP contribution < -0.4 is 24.8 Å². The first kappa shape index (κ1) is 24.5. The molecule has 1 aliphatic heterocycles. The number of methoxy groups -OCH3 is 3. The van der Waals surface area contributed by atoms with Crippen molar-refractivity contribution in [3.8, 4) is 17.2 Å². The maximum Gasteiger partial charge on any atom is 0.325 e. The first-order chi connectivity index (χ1) is 15.6. The van der Waals surface area contributed by atoms with E-state index >= 15 is 0 Å². The number of ether oxygens (including phenoxy) is 3. The Morgan fingerprint density at radius 3 is 2.24 bits per heavy atom. The third kappa shape index (κ3) is 4.79. The van der Waals surface area contributed by atoms with Gasteiger partial charge in [0.15, 0.2) is 11.5 Å². The number of rotatable bonds is 8. The van der Waals surface area contributed by atoms with Gasteiger partial charge in [-0.05, 0) is 30.7 Å². The van der Waals surface area contributed by atoms with Crippen molar-refractivity contribution in [1.29, 1.82) is 0 Å². The standard InChI is InChI=1S/C22H23Cl2N3O6/c1-22(13-5-6-14(23)15(24)8-13)20(29)27(21(30)26-22)11-19(28)25-10-12-7-17(32-3)18(33-4)9-16(12)31-2/h5-9H,10-11H2,1-4H3,(H,25,28)(H,26,30). The molecule has 0 saturated carbocycles. The van der Waals surface area contributed by atoms with E-state index in [0.717, 1.165) is 4.90 Å². The number of imide groups is 1. The maximum atomic E-state index is 13.0. The second-order valence-corrected chi connectivity index (χ2v) is 8.19. The summed E-state index contributed by atoms with van der Waals surface area (Å²) in [5.41, 5.74) is -0.299. The molecule has 0 spiro atoms. The molecule has 3 rings (SSSR count). The van der Waals surface area contributed by atoms with Crippen LogP contribution >= 0.6 is 23.2 Å². The van der Waals surface area contributed by atoms with Crippen LogP contribution in [0.1, 0.15) is 18.1 Å². The molecule has 33 heavy (non-hydrogen) atoms. The number of amides is 4. The van der Waals surface area contributed by atoms with Crippen LogP contribution in [0.4, 0.5) is 4.79 Å². The Labute approximate surface area is 200 Å². The number of hydrogen-bond donors (Lipinski definition) is 2. The van der Waals surface area contributed by atoms with E-state index in [1.165, 1.54) is 33.5 Å². The summed E-state index contributed by atoms with van der Waals surface area (Å²) in [4.78, 5) is 38.9. The number of carbonyl (C=O) groups is 3. The molecule has 0 bridgehead atoms. The quantitative estimate of drug-likeness (QED) is 0.545. The molecule has 0 aromatic heterocycles. The van der Waals surface area contributed by atoms with Gasteiger partial charge in [0.2, 0.25) is 5.91 Å². The second kappa shape index (κ2) is 9.76. The molecule has 2 aromatic rings. The van der Waals surface area contributed by atoms with Crippen molar-refractivity contribution in [1.82, 2.24) is 15.5 Å². The van der Waals surface area contributed by atoms with Crippen LogP contribution in [0.25, 0.3) is 0 Å². The zero-order chi connectivity index (χ0) is 24.3. The monoisotopic (exact) mass is 495 g/mol. The molecule has 1 saturated heterocycles. The van der Waals surface area contributed by atoms with E-state index < -0.39 is 29.9 Å². The largest absolute Gasteiger partial charge is 0.496 e. The lowest BCUT2D eigenvalue weighted by atomic mass is 9.92. The lowest BCUT2D eigenvalue weighted by Gasteiger charge is -2.22. The topological polar surface area (TPSA) is 106 Å². The minimum absolute atomic E-state index is 0.0794. The maximum absolute atomic E-state index is 13.0. The van der Waals surface area contributed by atoms with Gasteiger partial charge in [-0.25, -0.2) is 4.79 Å². The number of nitrogens with one attached hydrogen (secondary N) is 2. The van der Waals surface area contributed by atoms with Crippen molar-refractivity contribution in [2.45, 2.75) is 19.0 Å². The predicted molar refractivity (Wildman–Crippen MR) is 122 cm³/mol. The minimum atomic E-state index is -1.38. The van der Waals surface area contributed by atoms with E-state index in [1.807, 2.05) is 0 Å². The fourth-order valence-corrected chi connectivity index (χ4v) is 3.77. The Hall–Kier alpha value is -3.17. The fourth-order valence-electron chi connectivity index (χ4n) is 3.47. The summed E-state index contributed by atoms with van der Waals surface area (Å²) in [5, 5.41) is 5.88. The predicted octanol–water partition coefficient (Wildman–Crippen LogP) is 3.10. The summed E-state index contributed by atoms with van der Waals surface area (Å²) in [6, 6.07) is 7.27. The minimum Gasteiger partial charge on any atom is -0.496 e. The van der Waals surface area contributed by atoms with Crippen LogP contribution in [0.2, 0.25) is 10.0 Å². The number of urea groups is 1. The Morgan fingerprint density at radius 1 is 1.00 bits per heavy atom. The molecule has 1 fully saturated rings. The Bertz CT molecular complexity index is 1110. The number of nitrogens with zero attached hydrogens (tertiary/aromatic N) is 1. The molecular formula is C22H23Cl2N3O6. The summed E-state index contributed by atoms with van der Waals surface area (Å²) >= 11 is 12.0. The molecule has 176 valence electrons. The third-order valence-corrected chi connectivity index (χ3v) is 6.08. The molecule has 0 radical (unpaired) electrons. The fraction of sp³-hybridized carbons (Fsp3) is 0.318. The highest BCUT2D eigenvalue weighted by Crippen LogP contribution is 2.35. The number of benzene rings is 2. The molecular weight excluding hydrogens is 473 g/mol. The molecule has 0 aliphatic carbocycles. The van der Waals surface area contributed by atoms with Crippen LogP contribution in [-0.2, 0) is 21.7 Å². The van der Waals surface area contributed by atoms with Gasteiger partial charge in [-0.15, -0.1) is 0 Å². The van der Waals surface area contributed by atoms with Crippen LogP contribution in [0, 0.1) is 0 Å². The highest BCUT2D eigenvalue weighted by molar-refractivity contribution is 6.42. The zero-order valence-corrected chi connectivity index (χ0v) is 20.0. The Kier molecular flexibility index (Phi) is 7.24. The molecule has 2 aromatic carbocycles. The third-order valence-electron chi connectivity index (χ3n) is 5.34. The molecule has 1 aliphatic rings. The molecule has 1 heterocycles. The van der Waals surface area contributed by atoms with Gasteiger partial charge in [-0.3, -0.25) is 14.5 Å². The zero-order valence-electron chi connectivity index (χ0n) is 18.5. The molecule has 2 N–H and O–H groups in total. The van der Waals surface area contributed by atoms with Crippen molar-refractivity contribution >= 4 is 41.0 Å². The van der Waals surface area contributed by atoms with Crippen molar-refractivity contribution < 1.29 is 28.6 Å². The first-order valence-electron chi connectivity index (χ1n) is 9.79. The highest BCUT2D eigenvalue weighted by Gasteiger charge is 2.49. The summed E-state index contributed by atoms with van der Waals surface area (Å²) in [7, 11) is 4.49. The van der Waals surface area contributed by atoms with Crippen molar-refractivity contribution in [2.24, 2.45) is 0 Å². The molecule has 9 nitrogen and oxygen atoms in total. The number of carbonyl (C=O) groups excluding carboxylic acids is 3. The average molecular weight is 496 g/mol. The summed E-state index contributed by atoms with van der Waals surface area (Å²) in [6.45, 7) is 1.16. The molecule has 1 unspecified atom stereocenters. The highest BCUT2D eigenvalue weighted by atomic mass is 35.5. The average Bonchev–Trinajstić information content (AvgIpc) is 3.02. The lowest BCUT2D eigenvalue weighted by Crippen LogP contribution is -2.43. The van der Waals surface area contributed by atoms with E-state index in [0.29, 0.717) is 33.4 Å². The second-order valence-electron chi connectivity index (χ2n) is 7.37. The molecule has 1 atom stereocenters. The number of hydrogen-bond acceptors (Lipinski definition) is 6. The smallest absolute Gasteiger partial charge is 0.325 e. The van der Waals surface area contributed by atoms with Crippen LogP contribution in [0.15, 0.2) is 30.3 Å². The van der Waals surface area contributed by atoms with Crippen molar-refractivity contribution in [2.75, 3.05) is 27.9 Å². The van der Waals surface area contributed by atoms with Gasteiger partial charge < -0.3 is 24.8 Å². The summed E-state index contributed by atoms with van der Waals surface area (Å²) in [6.07, 6.45) is 0. The normalized spacial score (nSPS) is 17.6. The van der Waals surface area contributed by atoms with E-state index in [9.17, 15) is 14.4 Å². The van der Waals surface area contributed by atoms with Crippen LogP contribution in [0.3, 0.4) is 0 Å². The molecule has 4 amide bonds. The van der Waals surface area contributed by atoms with Gasteiger partial charge >= 0.3 is 6.03 Å².